The fourth-order valence-corrected chi connectivity index (χ4v) is 3.96. The first-order chi connectivity index (χ1) is 13.2. The second-order valence-corrected chi connectivity index (χ2v) is 7.18. The van der Waals surface area contributed by atoms with Crippen molar-refractivity contribution in [3.05, 3.63) is 22.6 Å². The van der Waals surface area contributed by atoms with Gasteiger partial charge in [0.15, 0.2) is 11.5 Å². The minimum atomic E-state index is -1.47. The Kier molecular flexibility index (Phi) is 6.86. The molecule has 0 aromatic heterocycles. The summed E-state index contributed by atoms with van der Waals surface area (Å²) in [5.74, 6) is -1.76. The number of hydrogen-bond acceptors (Lipinski definition) is 8. The number of amides is 2. The molecule has 1 heterocycles. The SMILES string of the molecule is COc1ccc(/C=C2\SC(=S)N(C(CC(N)=O)C(=O)O)C2=O)c(OC)c1OC. The van der Waals surface area contributed by atoms with Crippen LogP contribution in [0.15, 0.2) is 17.0 Å². The number of carboxylic acid groups (broad SMARTS) is 1. The highest BCUT2D eigenvalue weighted by atomic mass is 32.2. The molecule has 0 bridgehead atoms. The topological polar surface area (TPSA) is 128 Å². The minimum absolute atomic E-state index is 0.0179. The van der Waals surface area contributed by atoms with Crippen LogP contribution in [-0.2, 0) is 14.4 Å². The van der Waals surface area contributed by atoms with Crippen molar-refractivity contribution in [2.24, 2.45) is 5.73 Å². The Balaban J connectivity index is 2.46. The number of rotatable bonds is 8. The van der Waals surface area contributed by atoms with Crippen LogP contribution in [0.2, 0.25) is 0 Å². The zero-order valence-electron chi connectivity index (χ0n) is 15.3. The molecule has 3 N–H and O–H groups in total. The smallest absolute Gasteiger partial charge is 0.327 e. The zero-order valence-corrected chi connectivity index (χ0v) is 16.9. The third-order valence-corrected chi connectivity index (χ3v) is 5.17. The minimum Gasteiger partial charge on any atom is -0.493 e. The number of benzene rings is 1. The maximum absolute atomic E-state index is 12.8. The molecule has 9 nitrogen and oxygen atoms in total. The summed E-state index contributed by atoms with van der Waals surface area (Å²) in [4.78, 5) is 36.5. The number of methoxy groups -OCH3 is 3. The van der Waals surface area contributed by atoms with Gasteiger partial charge in [-0.25, -0.2) is 4.79 Å². The Bertz CT molecular complexity index is 869. The molecule has 1 unspecified atom stereocenters. The van der Waals surface area contributed by atoms with E-state index in [1.165, 1.54) is 27.4 Å². The van der Waals surface area contributed by atoms with E-state index in [0.717, 1.165) is 16.7 Å². The molecule has 0 aliphatic carbocycles. The number of hydrogen-bond donors (Lipinski definition) is 2. The first-order valence-electron chi connectivity index (χ1n) is 7.82. The number of carbonyl (C=O) groups is 3. The monoisotopic (exact) mass is 426 g/mol. The summed E-state index contributed by atoms with van der Waals surface area (Å²) in [6.07, 6.45) is 0.956. The molecule has 1 aromatic carbocycles. The molecule has 1 aliphatic rings. The Morgan fingerprint density at radius 1 is 1.25 bits per heavy atom. The van der Waals surface area contributed by atoms with Crippen molar-refractivity contribution in [1.29, 1.82) is 0 Å². The van der Waals surface area contributed by atoms with Gasteiger partial charge in [0, 0.05) is 5.56 Å². The van der Waals surface area contributed by atoms with Crippen molar-refractivity contribution in [1.82, 2.24) is 4.90 Å². The molecule has 0 radical (unpaired) electrons. The van der Waals surface area contributed by atoms with E-state index in [9.17, 15) is 19.5 Å². The lowest BCUT2D eigenvalue weighted by Gasteiger charge is -2.21. The van der Waals surface area contributed by atoms with Gasteiger partial charge < -0.3 is 25.1 Å². The maximum atomic E-state index is 12.8. The zero-order chi connectivity index (χ0) is 21.0. The number of carboxylic acids is 1. The van der Waals surface area contributed by atoms with Crippen LogP contribution in [0, 0.1) is 0 Å². The predicted molar refractivity (Wildman–Crippen MR) is 106 cm³/mol. The number of aliphatic carboxylic acids is 1. The van der Waals surface area contributed by atoms with E-state index < -0.39 is 30.2 Å². The van der Waals surface area contributed by atoms with E-state index in [2.05, 4.69) is 0 Å². The van der Waals surface area contributed by atoms with Gasteiger partial charge in [0.2, 0.25) is 11.7 Å². The summed E-state index contributed by atoms with van der Waals surface area (Å²) in [5.41, 5.74) is 5.60. The van der Waals surface area contributed by atoms with Gasteiger partial charge in [-0.15, -0.1) is 0 Å². The average Bonchev–Trinajstić information content (AvgIpc) is 2.92. The highest BCUT2D eigenvalue weighted by Crippen LogP contribution is 2.42. The molecule has 0 saturated carbocycles. The summed E-state index contributed by atoms with van der Waals surface area (Å²) >= 11 is 6.06. The predicted octanol–water partition coefficient (Wildman–Crippen LogP) is 1.24. The summed E-state index contributed by atoms with van der Waals surface area (Å²) in [7, 11) is 4.37. The van der Waals surface area contributed by atoms with E-state index in [0.29, 0.717) is 22.8 Å². The lowest BCUT2D eigenvalue weighted by Crippen LogP contribution is -2.46. The van der Waals surface area contributed by atoms with Gasteiger partial charge in [-0.2, -0.15) is 0 Å². The number of thioether (sulfide) groups is 1. The largest absolute Gasteiger partial charge is 0.493 e. The third-order valence-electron chi connectivity index (χ3n) is 3.84. The van der Waals surface area contributed by atoms with Crippen LogP contribution in [0.5, 0.6) is 17.2 Å². The van der Waals surface area contributed by atoms with Crippen LogP contribution < -0.4 is 19.9 Å². The Hall–Kier alpha value is -2.79. The molecule has 1 aromatic rings. The van der Waals surface area contributed by atoms with Crippen LogP contribution in [0.25, 0.3) is 6.08 Å². The van der Waals surface area contributed by atoms with E-state index in [-0.39, 0.29) is 9.23 Å². The standard InChI is InChI=1S/C17H18N2O7S2/c1-24-10-5-4-8(13(25-2)14(10)26-3)6-11-15(21)19(17(27)28-11)9(16(22)23)7-12(18)20/h4-6,9H,7H2,1-3H3,(H2,18,20)(H,22,23)/b11-6-. The Morgan fingerprint density at radius 3 is 2.39 bits per heavy atom. The molecule has 1 saturated heterocycles. The highest BCUT2D eigenvalue weighted by Gasteiger charge is 2.41. The fourth-order valence-electron chi connectivity index (χ4n) is 2.61. The maximum Gasteiger partial charge on any atom is 0.327 e. The van der Waals surface area contributed by atoms with Crippen molar-refractivity contribution < 1.29 is 33.7 Å². The van der Waals surface area contributed by atoms with E-state index >= 15 is 0 Å². The summed E-state index contributed by atoms with van der Waals surface area (Å²) < 4.78 is 15.9. The van der Waals surface area contributed by atoms with E-state index in [1.807, 2.05) is 0 Å². The number of ether oxygens (including phenoxy) is 3. The highest BCUT2D eigenvalue weighted by molar-refractivity contribution is 8.26. The Morgan fingerprint density at radius 2 is 1.89 bits per heavy atom. The van der Waals surface area contributed by atoms with Crippen LogP contribution in [0.4, 0.5) is 0 Å². The molecule has 1 fully saturated rings. The molecule has 28 heavy (non-hydrogen) atoms. The van der Waals surface area contributed by atoms with E-state index in [1.54, 1.807) is 12.1 Å². The van der Waals surface area contributed by atoms with Gasteiger partial charge in [-0.3, -0.25) is 14.5 Å². The van der Waals surface area contributed by atoms with Gasteiger partial charge in [-0.05, 0) is 18.2 Å². The van der Waals surface area contributed by atoms with Crippen LogP contribution in [0.3, 0.4) is 0 Å². The number of thiocarbonyl (C=S) groups is 1. The van der Waals surface area contributed by atoms with Crippen LogP contribution >= 0.6 is 24.0 Å². The summed E-state index contributed by atoms with van der Waals surface area (Å²) in [5, 5.41) is 9.36. The van der Waals surface area contributed by atoms with Crippen molar-refractivity contribution in [3.63, 3.8) is 0 Å². The summed E-state index contributed by atoms with van der Waals surface area (Å²) in [6, 6.07) is 1.83. The lowest BCUT2D eigenvalue weighted by atomic mass is 10.1. The third kappa shape index (κ3) is 4.20. The first-order valence-corrected chi connectivity index (χ1v) is 9.04. The van der Waals surface area contributed by atoms with Gasteiger partial charge in [0.1, 0.15) is 10.4 Å². The van der Waals surface area contributed by atoms with Crippen molar-refractivity contribution in [3.8, 4) is 17.2 Å². The Labute approximate surface area is 170 Å². The molecule has 1 atom stereocenters. The molecule has 11 heteroatoms. The molecule has 2 rings (SSSR count). The fraction of sp³-hybridized carbons (Fsp3) is 0.294. The number of primary amides is 1. The van der Waals surface area contributed by atoms with E-state index in [4.69, 9.17) is 32.2 Å². The molecule has 2 amide bonds. The molecule has 0 spiro atoms. The number of nitrogens with two attached hydrogens (primary N) is 1. The quantitative estimate of drug-likeness (QED) is 0.466. The molecule has 1 aliphatic heterocycles. The van der Waals surface area contributed by atoms with Crippen LogP contribution in [0.1, 0.15) is 12.0 Å². The van der Waals surface area contributed by atoms with Crippen molar-refractivity contribution in [2.75, 3.05) is 21.3 Å². The number of nitrogens with zero attached hydrogens (tertiary/aromatic N) is 1. The summed E-state index contributed by atoms with van der Waals surface area (Å²) in [6.45, 7) is 0. The lowest BCUT2D eigenvalue weighted by molar-refractivity contribution is -0.146. The normalized spacial score (nSPS) is 16.2. The van der Waals surface area contributed by atoms with Gasteiger partial charge in [0.05, 0.1) is 32.7 Å². The van der Waals surface area contributed by atoms with Gasteiger partial charge in [-0.1, -0.05) is 24.0 Å². The van der Waals surface area contributed by atoms with Crippen LogP contribution in [-0.4, -0.2) is 59.5 Å². The molecule has 150 valence electrons. The van der Waals surface area contributed by atoms with Gasteiger partial charge >= 0.3 is 5.97 Å². The first kappa shape index (κ1) is 21.5. The van der Waals surface area contributed by atoms with Gasteiger partial charge in [0.25, 0.3) is 5.91 Å². The second kappa shape index (κ2) is 8.93. The second-order valence-electron chi connectivity index (χ2n) is 5.50. The van der Waals surface area contributed by atoms with Crippen molar-refractivity contribution >= 4 is 52.2 Å². The average molecular weight is 426 g/mol. The van der Waals surface area contributed by atoms with Crippen molar-refractivity contribution in [2.45, 2.75) is 12.5 Å². The number of carbonyl (C=O) groups excluding carboxylic acids is 2. The molecular weight excluding hydrogens is 408 g/mol. The molecular formula is C17H18N2O7S2.